The fourth-order valence-corrected chi connectivity index (χ4v) is 8.07. The zero-order valence-corrected chi connectivity index (χ0v) is 24.1. The largest absolute Gasteiger partial charge is 0.491 e. The van der Waals surface area contributed by atoms with Crippen LogP contribution in [-0.4, -0.2) is 6.61 Å². The molecule has 4 atom stereocenters. The maximum Gasteiger partial charge on any atom is 0.204 e. The monoisotopic (exact) mass is 538 g/mol. The molecule has 5 rings (SSSR count). The van der Waals surface area contributed by atoms with Crippen LogP contribution in [0.5, 0.6) is 11.5 Å². The third-order valence-corrected chi connectivity index (χ3v) is 10.3. The van der Waals surface area contributed by atoms with Crippen LogP contribution in [0.15, 0.2) is 36.4 Å². The van der Waals surface area contributed by atoms with Crippen molar-refractivity contribution in [2.45, 2.75) is 110 Å². The smallest absolute Gasteiger partial charge is 0.204 e. The molecule has 0 heterocycles. The molecule has 0 N–H and O–H groups in total. The van der Waals surface area contributed by atoms with Crippen LogP contribution < -0.4 is 9.47 Å². The van der Waals surface area contributed by atoms with Crippen LogP contribution in [0.1, 0.15) is 114 Å². The van der Waals surface area contributed by atoms with Gasteiger partial charge in [-0.15, -0.1) is 0 Å². The number of hydrogen-bond acceptors (Lipinski definition) is 2. The minimum absolute atomic E-state index is 0.0842. The number of rotatable bonds is 10. The van der Waals surface area contributed by atoms with Crippen molar-refractivity contribution in [2.24, 2.45) is 29.6 Å². The van der Waals surface area contributed by atoms with Gasteiger partial charge in [-0.05, 0) is 123 Å². The third kappa shape index (κ3) is 6.98. The quantitative estimate of drug-likeness (QED) is 0.300. The van der Waals surface area contributed by atoms with Crippen molar-refractivity contribution < 1.29 is 18.3 Å². The predicted octanol–water partition coefficient (Wildman–Crippen LogP) is 10.2. The van der Waals surface area contributed by atoms with Crippen LogP contribution in [0.2, 0.25) is 0 Å². The summed E-state index contributed by atoms with van der Waals surface area (Å²) in [5, 5.41) is 0. The summed E-state index contributed by atoms with van der Waals surface area (Å²) in [5.41, 5.74) is 2.37. The molecule has 0 aliphatic heterocycles. The van der Waals surface area contributed by atoms with Crippen LogP contribution in [-0.2, 0) is 6.61 Å². The zero-order valence-electron chi connectivity index (χ0n) is 24.1. The number of fused-ring (bicyclic) bond motifs is 1. The lowest BCUT2D eigenvalue weighted by Crippen LogP contribution is -2.34. The fourth-order valence-electron chi connectivity index (χ4n) is 8.07. The standard InChI is InChI=1S/C35H48F2O2/c1-3-5-6-24-7-12-31-22-30(18-17-29(31)21-24)28-15-13-27(14-16-28)26-10-8-25(9-11-26)23-39-33-20-19-32(38-4-2)34(36)35(33)37/h8-11,19-20,24,27-31H,3-7,12-18,21-23H2,1-2H3. The van der Waals surface area contributed by atoms with Crippen molar-refractivity contribution in [3.05, 3.63) is 59.2 Å². The molecular weight excluding hydrogens is 490 g/mol. The van der Waals surface area contributed by atoms with Gasteiger partial charge in [0, 0.05) is 0 Å². The maximum absolute atomic E-state index is 14.3. The average molecular weight is 539 g/mol. The first-order valence-corrected chi connectivity index (χ1v) is 15.9. The van der Waals surface area contributed by atoms with Crippen molar-refractivity contribution in [1.82, 2.24) is 0 Å². The number of ether oxygens (including phenoxy) is 2. The second-order valence-electron chi connectivity index (χ2n) is 12.7. The topological polar surface area (TPSA) is 18.5 Å². The molecule has 0 saturated heterocycles. The summed E-state index contributed by atoms with van der Waals surface area (Å²) >= 11 is 0. The summed E-state index contributed by atoms with van der Waals surface area (Å²) in [5.74, 6) is 3.43. The minimum Gasteiger partial charge on any atom is -0.491 e. The van der Waals surface area contributed by atoms with E-state index < -0.39 is 11.6 Å². The predicted molar refractivity (Wildman–Crippen MR) is 154 cm³/mol. The SMILES string of the molecule is CCCCC1CCC2CC(C3CCC(c4ccc(COc5ccc(OCC)c(F)c5F)cc4)CC3)CCC2C1. The molecule has 0 radical (unpaired) electrons. The van der Waals surface area contributed by atoms with E-state index in [0.29, 0.717) is 5.92 Å². The summed E-state index contributed by atoms with van der Waals surface area (Å²) in [6.45, 7) is 4.56. The van der Waals surface area contributed by atoms with Crippen LogP contribution in [0.25, 0.3) is 0 Å². The molecule has 0 amide bonds. The lowest BCUT2D eigenvalue weighted by molar-refractivity contribution is 0.0614. The molecule has 3 aliphatic carbocycles. The Morgan fingerprint density at radius 3 is 1.92 bits per heavy atom. The van der Waals surface area contributed by atoms with Gasteiger partial charge in [0.05, 0.1) is 6.61 Å². The lowest BCUT2D eigenvalue weighted by Gasteiger charge is -2.45. The van der Waals surface area contributed by atoms with E-state index in [9.17, 15) is 8.78 Å². The van der Waals surface area contributed by atoms with Crippen molar-refractivity contribution in [2.75, 3.05) is 6.61 Å². The molecule has 0 bridgehead atoms. The molecule has 3 aliphatic rings. The third-order valence-electron chi connectivity index (χ3n) is 10.3. The molecule has 39 heavy (non-hydrogen) atoms. The molecule has 2 aromatic rings. The van der Waals surface area contributed by atoms with Gasteiger partial charge in [-0.1, -0.05) is 56.9 Å². The second-order valence-corrected chi connectivity index (χ2v) is 12.7. The van der Waals surface area contributed by atoms with Crippen LogP contribution in [0, 0.1) is 41.2 Å². The van der Waals surface area contributed by atoms with E-state index in [1.165, 1.54) is 101 Å². The summed E-state index contributed by atoms with van der Waals surface area (Å²) in [6, 6.07) is 11.4. The van der Waals surface area contributed by atoms with Gasteiger partial charge in [0.1, 0.15) is 6.61 Å². The summed E-state index contributed by atoms with van der Waals surface area (Å²) in [7, 11) is 0. The van der Waals surface area contributed by atoms with Gasteiger partial charge < -0.3 is 9.47 Å². The van der Waals surface area contributed by atoms with Crippen molar-refractivity contribution in [3.8, 4) is 11.5 Å². The Hall–Kier alpha value is -2.10. The first-order chi connectivity index (χ1) is 19.1. The number of unbranched alkanes of at least 4 members (excludes halogenated alkanes) is 1. The zero-order chi connectivity index (χ0) is 27.2. The highest BCUT2D eigenvalue weighted by Crippen LogP contribution is 2.50. The Morgan fingerprint density at radius 2 is 1.26 bits per heavy atom. The molecule has 0 aromatic heterocycles. The Balaban J connectivity index is 1.07. The van der Waals surface area contributed by atoms with Crippen LogP contribution in [0.3, 0.4) is 0 Å². The Labute approximate surface area is 234 Å². The van der Waals surface area contributed by atoms with E-state index in [4.69, 9.17) is 9.47 Å². The van der Waals surface area contributed by atoms with Gasteiger partial charge in [0.15, 0.2) is 11.5 Å². The number of halogens is 2. The van der Waals surface area contributed by atoms with Gasteiger partial charge in [0.2, 0.25) is 11.6 Å². The summed E-state index contributed by atoms with van der Waals surface area (Å²) < 4.78 is 39.1. The average Bonchev–Trinajstić information content (AvgIpc) is 2.98. The fraction of sp³-hybridized carbons (Fsp3) is 0.657. The van der Waals surface area contributed by atoms with Gasteiger partial charge in [-0.3, -0.25) is 0 Å². The van der Waals surface area contributed by atoms with Crippen molar-refractivity contribution in [1.29, 1.82) is 0 Å². The minimum atomic E-state index is -0.998. The molecule has 3 saturated carbocycles. The van der Waals surface area contributed by atoms with Gasteiger partial charge in [0.25, 0.3) is 0 Å². The van der Waals surface area contributed by atoms with E-state index in [1.54, 1.807) is 6.92 Å². The van der Waals surface area contributed by atoms with Gasteiger partial charge >= 0.3 is 0 Å². The lowest BCUT2D eigenvalue weighted by atomic mass is 9.60. The number of benzene rings is 2. The van der Waals surface area contributed by atoms with Gasteiger partial charge in [-0.25, -0.2) is 0 Å². The first-order valence-electron chi connectivity index (χ1n) is 15.9. The Morgan fingerprint density at radius 1 is 0.667 bits per heavy atom. The van der Waals surface area contributed by atoms with E-state index in [2.05, 4.69) is 31.2 Å². The normalized spacial score (nSPS) is 29.0. The van der Waals surface area contributed by atoms with Crippen LogP contribution >= 0.6 is 0 Å². The van der Waals surface area contributed by atoms with Gasteiger partial charge in [-0.2, -0.15) is 8.78 Å². The molecule has 2 nitrogen and oxygen atoms in total. The Bertz CT molecular complexity index is 1040. The molecule has 4 unspecified atom stereocenters. The summed E-state index contributed by atoms with van der Waals surface area (Å²) in [6.07, 6.45) is 18.6. The molecular formula is C35H48F2O2. The van der Waals surface area contributed by atoms with E-state index in [0.717, 1.165) is 35.2 Å². The highest BCUT2D eigenvalue weighted by molar-refractivity contribution is 5.35. The molecule has 2 aromatic carbocycles. The maximum atomic E-state index is 14.3. The van der Waals surface area contributed by atoms with Crippen molar-refractivity contribution in [3.63, 3.8) is 0 Å². The van der Waals surface area contributed by atoms with Crippen molar-refractivity contribution >= 4 is 0 Å². The summed E-state index contributed by atoms with van der Waals surface area (Å²) in [4.78, 5) is 0. The first kappa shape index (κ1) is 28.4. The second kappa shape index (κ2) is 13.5. The highest BCUT2D eigenvalue weighted by Gasteiger charge is 2.38. The molecule has 3 fully saturated rings. The van der Waals surface area contributed by atoms with E-state index in [-0.39, 0.29) is 24.7 Å². The van der Waals surface area contributed by atoms with E-state index in [1.807, 2.05) is 0 Å². The van der Waals surface area contributed by atoms with Crippen LogP contribution in [0.4, 0.5) is 8.78 Å². The molecule has 0 spiro atoms. The Kier molecular flexibility index (Phi) is 9.85. The molecule has 214 valence electrons. The highest BCUT2D eigenvalue weighted by atomic mass is 19.2. The molecule has 4 heteroatoms. The van der Waals surface area contributed by atoms with E-state index >= 15 is 0 Å². The number of hydrogen-bond donors (Lipinski definition) is 0.